The van der Waals surface area contributed by atoms with Gasteiger partial charge in [-0.3, -0.25) is 0 Å². The zero-order valence-electron chi connectivity index (χ0n) is 13.0. The Bertz CT molecular complexity index is 811. The van der Waals surface area contributed by atoms with Crippen LogP contribution in [0.3, 0.4) is 0 Å². The molecule has 1 heterocycles. The van der Waals surface area contributed by atoms with E-state index in [1.165, 1.54) is 30.2 Å². The van der Waals surface area contributed by atoms with E-state index in [9.17, 15) is 0 Å². The molecule has 1 aromatic heterocycles. The minimum absolute atomic E-state index is 0.245. The number of hydrogen-bond donors (Lipinski definition) is 2. The van der Waals surface area contributed by atoms with Crippen molar-refractivity contribution >= 4 is 33.4 Å². The van der Waals surface area contributed by atoms with Crippen molar-refractivity contribution in [2.75, 3.05) is 11.5 Å². The molecule has 4 nitrogen and oxygen atoms in total. The van der Waals surface area contributed by atoms with Crippen LogP contribution in [0, 0.1) is 0 Å². The molecule has 2 aromatic carbocycles. The second-order valence-electron chi connectivity index (χ2n) is 5.76. The first kappa shape index (κ1) is 14.6. The van der Waals surface area contributed by atoms with E-state index in [1.54, 1.807) is 0 Å². The number of nitrogen functional groups attached to an aromatic ring is 2. The zero-order chi connectivity index (χ0) is 15.5. The molecule has 0 aliphatic carbocycles. The Balaban J connectivity index is 2.16. The highest BCUT2D eigenvalue weighted by atomic mass is 15.0. The van der Waals surface area contributed by atoms with Gasteiger partial charge in [0.1, 0.15) is 5.82 Å². The quantitative estimate of drug-likeness (QED) is 0.549. The topological polar surface area (TPSA) is 77.8 Å². The normalized spacial score (nSPS) is 11.3. The summed E-state index contributed by atoms with van der Waals surface area (Å²) in [6.07, 6.45) is 5.90. The van der Waals surface area contributed by atoms with Gasteiger partial charge >= 0.3 is 0 Å². The van der Waals surface area contributed by atoms with Gasteiger partial charge in [-0.1, -0.05) is 50.5 Å². The predicted molar refractivity (Wildman–Crippen MR) is 93.7 cm³/mol. The van der Waals surface area contributed by atoms with Gasteiger partial charge in [-0.25, -0.2) is 4.98 Å². The molecule has 0 aliphatic rings. The maximum atomic E-state index is 6.14. The molecule has 0 fully saturated rings. The van der Waals surface area contributed by atoms with Gasteiger partial charge < -0.3 is 11.5 Å². The van der Waals surface area contributed by atoms with Gasteiger partial charge in [-0.05, 0) is 35.2 Å². The first-order chi connectivity index (χ1) is 10.7. The van der Waals surface area contributed by atoms with E-state index in [4.69, 9.17) is 11.5 Å². The summed E-state index contributed by atoms with van der Waals surface area (Å²) in [7, 11) is 0. The zero-order valence-corrected chi connectivity index (χ0v) is 13.0. The monoisotopic (exact) mass is 294 g/mol. The molecule has 4 heteroatoms. The molecule has 0 radical (unpaired) electrons. The molecule has 22 heavy (non-hydrogen) atoms. The van der Waals surface area contributed by atoms with Gasteiger partial charge in [-0.15, -0.1) is 0 Å². The Morgan fingerprint density at radius 2 is 1.82 bits per heavy atom. The average Bonchev–Trinajstić information content (AvgIpc) is 2.51. The summed E-state index contributed by atoms with van der Waals surface area (Å²) in [5.41, 5.74) is 14.1. The number of aromatic nitrogens is 2. The summed E-state index contributed by atoms with van der Waals surface area (Å²) in [5.74, 6) is 0.712. The van der Waals surface area contributed by atoms with E-state index in [1.807, 2.05) is 12.1 Å². The molecule has 0 amide bonds. The van der Waals surface area contributed by atoms with Crippen LogP contribution in [0.2, 0.25) is 0 Å². The summed E-state index contributed by atoms with van der Waals surface area (Å²) >= 11 is 0. The van der Waals surface area contributed by atoms with Crippen LogP contribution in [0.5, 0.6) is 0 Å². The van der Waals surface area contributed by atoms with Crippen molar-refractivity contribution in [3.63, 3.8) is 0 Å². The van der Waals surface area contributed by atoms with Crippen molar-refractivity contribution in [2.24, 2.45) is 0 Å². The third kappa shape index (κ3) is 2.69. The van der Waals surface area contributed by atoms with E-state index in [2.05, 4.69) is 35.1 Å². The Hall–Kier alpha value is -2.36. The minimum Gasteiger partial charge on any atom is -0.383 e. The molecule has 0 unspecified atom stereocenters. The number of aryl methyl sites for hydroxylation is 1. The highest BCUT2D eigenvalue weighted by Gasteiger charge is 2.12. The van der Waals surface area contributed by atoms with Gasteiger partial charge in [0.25, 0.3) is 0 Å². The van der Waals surface area contributed by atoms with E-state index >= 15 is 0 Å². The Labute approximate surface area is 130 Å². The summed E-state index contributed by atoms with van der Waals surface area (Å²) in [4.78, 5) is 8.62. The summed E-state index contributed by atoms with van der Waals surface area (Å²) in [5, 5.41) is 3.20. The van der Waals surface area contributed by atoms with Crippen molar-refractivity contribution in [1.82, 2.24) is 9.97 Å². The second kappa shape index (κ2) is 6.18. The van der Waals surface area contributed by atoms with Crippen LogP contribution in [-0.4, -0.2) is 9.97 Å². The van der Waals surface area contributed by atoms with Gasteiger partial charge in [0, 0.05) is 0 Å². The maximum absolute atomic E-state index is 6.14. The molecule has 0 bridgehead atoms. The third-order valence-electron chi connectivity index (χ3n) is 4.12. The first-order valence-electron chi connectivity index (χ1n) is 7.94. The van der Waals surface area contributed by atoms with Crippen LogP contribution in [0.25, 0.3) is 21.7 Å². The van der Waals surface area contributed by atoms with Crippen LogP contribution >= 0.6 is 0 Å². The highest BCUT2D eigenvalue weighted by molar-refractivity contribution is 6.12. The van der Waals surface area contributed by atoms with Gasteiger partial charge in [0.2, 0.25) is 5.95 Å². The SMILES string of the molecule is CCCCCCc1cc2ccccc2c2c(N)nc(N)nc12. The number of rotatable bonds is 5. The number of nitrogens with two attached hydrogens (primary N) is 2. The van der Waals surface area contributed by atoms with Gasteiger partial charge in [0.15, 0.2) is 0 Å². The number of nitrogens with zero attached hydrogens (tertiary/aromatic N) is 2. The molecule has 3 rings (SSSR count). The number of hydrogen-bond acceptors (Lipinski definition) is 4. The number of unbranched alkanes of at least 4 members (excludes halogenated alkanes) is 3. The van der Waals surface area contributed by atoms with Crippen LogP contribution < -0.4 is 11.5 Å². The highest BCUT2D eigenvalue weighted by Crippen LogP contribution is 2.32. The predicted octanol–water partition coefficient (Wildman–Crippen LogP) is 4.07. The lowest BCUT2D eigenvalue weighted by molar-refractivity contribution is 0.668. The Morgan fingerprint density at radius 3 is 2.64 bits per heavy atom. The molecular weight excluding hydrogens is 272 g/mol. The average molecular weight is 294 g/mol. The van der Waals surface area contributed by atoms with Gasteiger partial charge in [-0.2, -0.15) is 4.98 Å². The third-order valence-corrected chi connectivity index (χ3v) is 4.12. The summed E-state index contributed by atoms with van der Waals surface area (Å²) in [6.45, 7) is 2.22. The molecule has 0 atom stereocenters. The lowest BCUT2D eigenvalue weighted by atomic mass is 9.97. The van der Waals surface area contributed by atoms with Crippen molar-refractivity contribution < 1.29 is 0 Å². The second-order valence-corrected chi connectivity index (χ2v) is 5.76. The minimum atomic E-state index is 0.245. The fraction of sp³-hybridized carbons (Fsp3) is 0.333. The first-order valence-corrected chi connectivity index (χ1v) is 7.94. The standard InChI is InChI=1S/C18H22N4/c1-2-3-4-5-9-13-11-12-8-6-7-10-14(12)15-16(13)21-18(20)22-17(15)19/h6-8,10-11H,2-5,9H2,1H3,(H4,19,20,21,22). The molecule has 3 aromatic rings. The Kier molecular flexibility index (Phi) is 4.09. The summed E-state index contributed by atoms with van der Waals surface area (Å²) < 4.78 is 0. The molecular formula is C18H22N4. The van der Waals surface area contributed by atoms with E-state index in [0.29, 0.717) is 5.82 Å². The Morgan fingerprint density at radius 1 is 1.00 bits per heavy atom. The van der Waals surface area contributed by atoms with Crippen molar-refractivity contribution in [1.29, 1.82) is 0 Å². The van der Waals surface area contributed by atoms with Crippen LogP contribution in [0.15, 0.2) is 30.3 Å². The fourth-order valence-corrected chi connectivity index (χ4v) is 3.03. The lowest BCUT2D eigenvalue weighted by Crippen LogP contribution is -2.03. The van der Waals surface area contributed by atoms with Crippen LogP contribution in [-0.2, 0) is 6.42 Å². The molecule has 0 saturated heterocycles. The summed E-state index contributed by atoms with van der Waals surface area (Å²) in [6, 6.07) is 10.5. The van der Waals surface area contributed by atoms with E-state index < -0.39 is 0 Å². The molecule has 0 aliphatic heterocycles. The van der Waals surface area contributed by atoms with Crippen molar-refractivity contribution in [2.45, 2.75) is 39.0 Å². The van der Waals surface area contributed by atoms with E-state index in [-0.39, 0.29) is 5.95 Å². The van der Waals surface area contributed by atoms with E-state index in [0.717, 1.165) is 29.1 Å². The van der Waals surface area contributed by atoms with Crippen molar-refractivity contribution in [3.8, 4) is 0 Å². The number of anilines is 2. The molecule has 0 spiro atoms. The van der Waals surface area contributed by atoms with Crippen LogP contribution in [0.1, 0.15) is 38.2 Å². The van der Waals surface area contributed by atoms with Gasteiger partial charge in [0.05, 0.1) is 10.9 Å². The smallest absolute Gasteiger partial charge is 0.222 e. The van der Waals surface area contributed by atoms with Crippen molar-refractivity contribution in [3.05, 3.63) is 35.9 Å². The fourth-order valence-electron chi connectivity index (χ4n) is 3.03. The van der Waals surface area contributed by atoms with Crippen LogP contribution in [0.4, 0.5) is 11.8 Å². The number of benzene rings is 2. The molecule has 0 saturated carbocycles. The lowest BCUT2D eigenvalue weighted by Gasteiger charge is -2.12. The number of fused-ring (bicyclic) bond motifs is 3. The molecule has 114 valence electrons. The maximum Gasteiger partial charge on any atom is 0.222 e. The molecule has 4 N–H and O–H groups in total. The largest absolute Gasteiger partial charge is 0.383 e.